The Morgan fingerprint density at radius 3 is 2.24 bits per heavy atom. The lowest BCUT2D eigenvalue weighted by Crippen LogP contribution is -2.42. The first kappa shape index (κ1) is 16.7. The largest absolute Gasteiger partial charge is 0.322 e. The van der Waals surface area contributed by atoms with Gasteiger partial charge in [0.1, 0.15) is 0 Å². The smallest absolute Gasteiger partial charge is 0.269 e. The van der Waals surface area contributed by atoms with Crippen LogP contribution in [0.3, 0.4) is 0 Å². The predicted octanol–water partition coefficient (Wildman–Crippen LogP) is 2.42. The van der Waals surface area contributed by atoms with Crippen molar-refractivity contribution in [2.24, 2.45) is 5.92 Å². The molecule has 6 nitrogen and oxygen atoms in total. The highest BCUT2D eigenvalue weighted by atomic mass is 16.2. The van der Waals surface area contributed by atoms with E-state index in [2.05, 4.69) is 16.2 Å². The molecular formula is C19H19N3O3. The quantitative estimate of drug-likeness (QED) is 0.749. The highest BCUT2D eigenvalue weighted by Crippen LogP contribution is 2.28. The molecule has 25 heavy (non-hydrogen) atoms. The number of hydrazine groups is 1. The average Bonchev–Trinajstić information content (AvgIpc) is 3.45. The molecule has 0 saturated heterocycles. The summed E-state index contributed by atoms with van der Waals surface area (Å²) < 4.78 is 0. The summed E-state index contributed by atoms with van der Waals surface area (Å²) in [5.41, 5.74) is 7.36. The van der Waals surface area contributed by atoms with Crippen molar-refractivity contribution >= 4 is 23.4 Å². The number of benzene rings is 2. The molecule has 2 aromatic rings. The second-order valence-electron chi connectivity index (χ2n) is 6.12. The van der Waals surface area contributed by atoms with Gasteiger partial charge in [0.2, 0.25) is 5.91 Å². The van der Waals surface area contributed by atoms with Crippen molar-refractivity contribution in [1.82, 2.24) is 10.9 Å². The molecule has 1 aliphatic carbocycles. The van der Waals surface area contributed by atoms with Crippen LogP contribution < -0.4 is 16.2 Å². The van der Waals surface area contributed by atoms with Gasteiger partial charge in [-0.3, -0.25) is 25.2 Å². The van der Waals surface area contributed by atoms with Gasteiger partial charge in [-0.05, 0) is 56.2 Å². The Labute approximate surface area is 145 Å². The van der Waals surface area contributed by atoms with Crippen molar-refractivity contribution in [2.45, 2.75) is 19.8 Å². The standard InChI is InChI=1S/C19H19N3O3/c1-12-3-2-4-15(11-12)17(23)20-16-9-7-14(8-10-16)19(25)22-21-18(24)13-5-6-13/h2-4,7-11,13H,5-6H2,1H3,(H,20,23)(H,21,24)(H,22,25). The Morgan fingerprint density at radius 2 is 1.60 bits per heavy atom. The van der Waals surface area contributed by atoms with Crippen molar-refractivity contribution in [3.05, 3.63) is 65.2 Å². The minimum Gasteiger partial charge on any atom is -0.322 e. The van der Waals surface area contributed by atoms with E-state index >= 15 is 0 Å². The number of amides is 3. The van der Waals surface area contributed by atoms with Gasteiger partial charge in [0.05, 0.1) is 0 Å². The molecular weight excluding hydrogens is 318 g/mol. The molecule has 3 amide bonds. The third-order valence-electron chi connectivity index (χ3n) is 3.93. The van der Waals surface area contributed by atoms with Crippen LogP contribution in [0.1, 0.15) is 39.1 Å². The second kappa shape index (κ2) is 7.17. The minimum atomic E-state index is -0.398. The molecule has 3 N–H and O–H groups in total. The van der Waals surface area contributed by atoms with Crippen molar-refractivity contribution in [3.63, 3.8) is 0 Å². The van der Waals surface area contributed by atoms with Gasteiger partial charge >= 0.3 is 0 Å². The number of carbonyl (C=O) groups excluding carboxylic acids is 3. The zero-order valence-corrected chi connectivity index (χ0v) is 13.8. The van der Waals surface area contributed by atoms with E-state index in [1.165, 1.54) is 0 Å². The molecule has 0 aliphatic heterocycles. The SMILES string of the molecule is Cc1cccc(C(=O)Nc2ccc(C(=O)NNC(=O)C3CC3)cc2)c1. The molecule has 0 unspecified atom stereocenters. The molecule has 0 radical (unpaired) electrons. The van der Waals surface area contributed by atoms with Crippen molar-refractivity contribution in [1.29, 1.82) is 0 Å². The number of hydrogen-bond acceptors (Lipinski definition) is 3. The van der Waals surface area contributed by atoms with Crippen LogP contribution >= 0.6 is 0 Å². The summed E-state index contributed by atoms with van der Waals surface area (Å²) in [5, 5.41) is 2.78. The van der Waals surface area contributed by atoms with Crippen LogP contribution in [0.5, 0.6) is 0 Å². The van der Waals surface area contributed by atoms with Crippen LogP contribution in [0, 0.1) is 12.8 Å². The van der Waals surface area contributed by atoms with Crippen LogP contribution in [0.2, 0.25) is 0 Å². The first-order chi connectivity index (χ1) is 12.0. The van der Waals surface area contributed by atoms with E-state index in [1.807, 2.05) is 19.1 Å². The summed E-state index contributed by atoms with van der Waals surface area (Å²) in [6, 6.07) is 13.8. The van der Waals surface area contributed by atoms with E-state index in [4.69, 9.17) is 0 Å². The molecule has 1 aliphatic rings. The molecule has 0 atom stereocenters. The first-order valence-corrected chi connectivity index (χ1v) is 8.11. The summed E-state index contributed by atoms with van der Waals surface area (Å²) in [5.74, 6) is -0.738. The third kappa shape index (κ3) is 4.44. The third-order valence-corrected chi connectivity index (χ3v) is 3.93. The maximum atomic E-state index is 12.2. The fourth-order valence-electron chi connectivity index (χ4n) is 2.33. The maximum Gasteiger partial charge on any atom is 0.269 e. The zero-order valence-electron chi connectivity index (χ0n) is 13.8. The average molecular weight is 337 g/mol. The Morgan fingerprint density at radius 1 is 0.880 bits per heavy atom. The molecule has 0 spiro atoms. The summed E-state index contributed by atoms with van der Waals surface area (Å²) >= 11 is 0. The summed E-state index contributed by atoms with van der Waals surface area (Å²) in [6.07, 6.45) is 1.74. The van der Waals surface area contributed by atoms with Gasteiger partial charge in [0.15, 0.2) is 0 Å². The number of rotatable bonds is 4. The molecule has 0 bridgehead atoms. The summed E-state index contributed by atoms with van der Waals surface area (Å²) in [4.78, 5) is 35.7. The van der Waals surface area contributed by atoms with E-state index in [0.29, 0.717) is 16.8 Å². The lowest BCUT2D eigenvalue weighted by Gasteiger charge is -2.08. The Kier molecular flexibility index (Phi) is 4.79. The van der Waals surface area contributed by atoms with Gasteiger partial charge in [-0.15, -0.1) is 0 Å². The van der Waals surface area contributed by atoms with E-state index < -0.39 is 5.91 Å². The van der Waals surface area contributed by atoms with Gasteiger partial charge in [-0.2, -0.15) is 0 Å². The number of nitrogens with one attached hydrogen (secondary N) is 3. The summed E-state index contributed by atoms with van der Waals surface area (Å²) in [6.45, 7) is 1.92. The number of anilines is 1. The van der Waals surface area contributed by atoms with Crippen LogP contribution in [0.25, 0.3) is 0 Å². The molecule has 1 saturated carbocycles. The molecule has 3 rings (SSSR count). The monoisotopic (exact) mass is 337 g/mol. The zero-order chi connectivity index (χ0) is 17.8. The van der Waals surface area contributed by atoms with E-state index in [-0.39, 0.29) is 17.7 Å². The first-order valence-electron chi connectivity index (χ1n) is 8.11. The lowest BCUT2D eigenvalue weighted by atomic mass is 10.1. The van der Waals surface area contributed by atoms with Crippen molar-refractivity contribution < 1.29 is 14.4 Å². The molecule has 0 aromatic heterocycles. The van der Waals surface area contributed by atoms with E-state index in [9.17, 15) is 14.4 Å². The summed E-state index contributed by atoms with van der Waals surface area (Å²) in [7, 11) is 0. The minimum absolute atomic E-state index is 0.0273. The second-order valence-corrected chi connectivity index (χ2v) is 6.12. The molecule has 0 heterocycles. The lowest BCUT2D eigenvalue weighted by molar-refractivity contribution is -0.123. The molecule has 6 heteroatoms. The fraction of sp³-hybridized carbons (Fsp3) is 0.211. The van der Waals surface area contributed by atoms with Gasteiger partial charge in [-0.25, -0.2) is 0 Å². The van der Waals surface area contributed by atoms with Gasteiger partial charge < -0.3 is 5.32 Å². The molecule has 128 valence electrons. The molecule has 1 fully saturated rings. The van der Waals surface area contributed by atoms with Crippen LogP contribution in [-0.2, 0) is 4.79 Å². The normalized spacial score (nSPS) is 13.0. The van der Waals surface area contributed by atoms with Gasteiger partial charge in [0, 0.05) is 22.7 Å². The van der Waals surface area contributed by atoms with Crippen molar-refractivity contribution in [2.75, 3.05) is 5.32 Å². The maximum absolute atomic E-state index is 12.2. The topological polar surface area (TPSA) is 87.3 Å². The van der Waals surface area contributed by atoms with Crippen LogP contribution in [-0.4, -0.2) is 17.7 Å². The highest BCUT2D eigenvalue weighted by molar-refractivity contribution is 6.04. The van der Waals surface area contributed by atoms with Crippen LogP contribution in [0.15, 0.2) is 48.5 Å². The van der Waals surface area contributed by atoms with Crippen molar-refractivity contribution in [3.8, 4) is 0 Å². The number of aryl methyl sites for hydroxylation is 1. The Balaban J connectivity index is 1.56. The fourth-order valence-corrected chi connectivity index (χ4v) is 2.33. The number of carbonyl (C=O) groups is 3. The number of hydrogen-bond donors (Lipinski definition) is 3. The highest BCUT2D eigenvalue weighted by Gasteiger charge is 2.29. The van der Waals surface area contributed by atoms with Gasteiger partial charge in [-0.1, -0.05) is 17.7 Å². The van der Waals surface area contributed by atoms with Crippen LogP contribution in [0.4, 0.5) is 5.69 Å². The van der Waals surface area contributed by atoms with E-state index in [0.717, 1.165) is 18.4 Å². The predicted molar refractivity (Wildman–Crippen MR) is 93.9 cm³/mol. The Bertz CT molecular complexity index is 811. The Hall–Kier alpha value is -3.15. The van der Waals surface area contributed by atoms with Gasteiger partial charge in [0.25, 0.3) is 11.8 Å². The van der Waals surface area contributed by atoms with E-state index in [1.54, 1.807) is 36.4 Å². The molecule has 2 aromatic carbocycles.